The number of anilines is 1. The van der Waals surface area contributed by atoms with E-state index >= 15 is 0 Å². The molecule has 0 amide bonds. The molecule has 0 aliphatic heterocycles. The molecule has 2 atom stereocenters. The minimum absolute atomic E-state index is 0.464. The van der Waals surface area contributed by atoms with Crippen molar-refractivity contribution in [1.29, 1.82) is 0 Å². The lowest BCUT2D eigenvalue weighted by molar-refractivity contribution is 0.499. The molecule has 5 nitrogen and oxygen atoms in total. The molecule has 0 aromatic carbocycles. The van der Waals surface area contributed by atoms with Crippen LogP contribution in [0.2, 0.25) is 0 Å². The summed E-state index contributed by atoms with van der Waals surface area (Å²) in [7, 11) is 1.97. The van der Waals surface area contributed by atoms with Crippen molar-refractivity contribution in [2.45, 2.75) is 45.6 Å². The van der Waals surface area contributed by atoms with Gasteiger partial charge < -0.3 is 5.32 Å². The van der Waals surface area contributed by atoms with Crippen LogP contribution in [0, 0.1) is 19.8 Å². The third-order valence-corrected chi connectivity index (χ3v) is 4.21. The fourth-order valence-electron chi connectivity index (χ4n) is 3.31. The normalized spacial score (nSPS) is 21.7. The van der Waals surface area contributed by atoms with Crippen LogP contribution >= 0.6 is 0 Å². The van der Waals surface area contributed by atoms with Gasteiger partial charge in [0.05, 0.1) is 6.20 Å². The molecule has 2 aromatic rings. The van der Waals surface area contributed by atoms with Crippen molar-refractivity contribution in [3.63, 3.8) is 0 Å². The van der Waals surface area contributed by atoms with Crippen LogP contribution in [0.5, 0.6) is 0 Å². The molecule has 0 spiro atoms. The van der Waals surface area contributed by atoms with Gasteiger partial charge in [0.1, 0.15) is 0 Å². The quantitative estimate of drug-likeness (QED) is 0.938. The van der Waals surface area contributed by atoms with Crippen molar-refractivity contribution in [2.24, 2.45) is 13.0 Å². The van der Waals surface area contributed by atoms with E-state index < -0.39 is 0 Å². The van der Waals surface area contributed by atoms with Gasteiger partial charge in [-0.3, -0.25) is 4.68 Å². The van der Waals surface area contributed by atoms with Gasteiger partial charge in [0.15, 0.2) is 0 Å². The third-order valence-electron chi connectivity index (χ3n) is 4.21. The minimum atomic E-state index is 0.464. The van der Waals surface area contributed by atoms with E-state index in [4.69, 9.17) is 0 Å². The van der Waals surface area contributed by atoms with Crippen molar-refractivity contribution >= 4 is 5.95 Å². The number of nitrogens with one attached hydrogen (secondary N) is 1. The molecule has 3 rings (SSSR count). The Hall–Kier alpha value is -1.91. The number of hydrogen-bond donors (Lipinski definition) is 1. The lowest BCUT2D eigenvalue weighted by Gasteiger charge is -2.20. The van der Waals surface area contributed by atoms with Crippen molar-refractivity contribution in [2.75, 3.05) is 5.32 Å². The molecule has 0 bridgehead atoms. The predicted molar refractivity (Wildman–Crippen MR) is 83.2 cm³/mol. The number of aryl methyl sites for hydroxylation is 3. The van der Waals surface area contributed by atoms with E-state index in [0.29, 0.717) is 12.0 Å². The van der Waals surface area contributed by atoms with E-state index in [9.17, 15) is 0 Å². The highest BCUT2D eigenvalue weighted by atomic mass is 15.2. The second kappa shape index (κ2) is 5.84. The summed E-state index contributed by atoms with van der Waals surface area (Å²) < 4.78 is 1.87. The first-order valence-corrected chi connectivity index (χ1v) is 7.66. The Morgan fingerprint density at radius 2 is 2.00 bits per heavy atom. The maximum absolute atomic E-state index is 4.50. The molecule has 112 valence electrons. The molecule has 0 saturated heterocycles. The highest BCUT2D eigenvalue weighted by Gasteiger charge is 2.28. The highest BCUT2D eigenvalue weighted by molar-refractivity contribution is 5.30. The summed E-state index contributed by atoms with van der Waals surface area (Å²) in [4.78, 5) is 9.01. The van der Waals surface area contributed by atoms with Gasteiger partial charge in [-0.15, -0.1) is 0 Å². The first-order valence-electron chi connectivity index (χ1n) is 7.66. The smallest absolute Gasteiger partial charge is 0.223 e. The minimum Gasteiger partial charge on any atom is -0.351 e. The van der Waals surface area contributed by atoms with Crippen molar-refractivity contribution in [1.82, 2.24) is 19.7 Å². The lowest BCUT2D eigenvalue weighted by Crippen LogP contribution is -2.26. The van der Waals surface area contributed by atoms with Gasteiger partial charge in [-0.05, 0) is 50.7 Å². The standard InChI is InChI=1S/C16H23N5/c1-11-7-12(2)19-16(18-11)20-15-6-4-5-14(15)8-13-9-17-21(3)10-13/h7,9-10,14-15H,4-6,8H2,1-3H3,(H,18,19,20). The van der Waals surface area contributed by atoms with Gasteiger partial charge in [0, 0.05) is 30.7 Å². The fourth-order valence-corrected chi connectivity index (χ4v) is 3.31. The average Bonchev–Trinajstić information content (AvgIpc) is 2.99. The molecular weight excluding hydrogens is 262 g/mol. The van der Waals surface area contributed by atoms with Gasteiger partial charge in [-0.1, -0.05) is 6.42 Å². The molecule has 1 aliphatic rings. The fraction of sp³-hybridized carbons (Fsp3) is 0.562. The largest absolute Gasteiger partial charge is 0.351 e. The molecule has 5 heteroatoms. The summed E-state index contributed by atoms with van der Waals surface area (Å²) in [6.45, 7) is 4.03. The summed E-state index contributed by atoms with van der Waals surface area (Å²) in [6, 6.07) is 2.47. The van der Waals surface area contributed by atoms with Crippen molar-refractivity contribution < 1.29 is 0 Å². The van der Waals surface area contributed by atoms with Crippen LogP contribution in [-0.4, -0.2) is 25.8 Å². The molecule has 2 heterocycles. The maximum Gasteiger partial charge on any atom is 0.223 e. The van der Waals surface area contributed by atoms with Gasteiger partial charge in [-0.2, -0.15) is 5.10 Å². The van der Waals surface area contributed by atoms with Gasteiger partial charge in [-0.25, -0.2) is 9.97 Å². The molecule has 0 radical (unpaired) electrons. The summed E-state index contributed by atoms with van der Waals surface area (Å²) in [5, 5.41) is 7.81. The van der Waals surface area contributed by atoms with E-state index in [1.807, 2.05) is 37.8 Å². The average molecular weight is 285 g/mol. The van der Waals surface area contributed by atoms with Crippen LogP contribution in [0.25, 0.3) is 0 Å². The Kier molecular flexibility index (Phi) is 3.90. The number of aromatic nitrogens is 4. The van der Waals surface area contributed by atoms with Crippen molar-refractivity contribution in [3.8, 4) is 0 Å². The van der Waals surface area contributed by atoms with Crippen molar-refractivity contribution in [3.05, 3.63) is 35.4 Å². The first kappa shape index (κ1) is 14.0. The highest BCUT2D eigenvalue weighted by Crippen LogP contribution is 2.30. The predicted octanol–water partition coefficient (Wildman–Crippen LogP) is 2.65. The van der Waals surface area contributed by atoms with Crippen LogP contribution in [0.1, 0.15) is 36.2 Å². The van der Waals surface area contributed by atoms with E-state index in [1.54, 1.807) is 0 Å². The number of hydrogen-bond acceptors (Lipinski definition) is 4. The maximum atomic E-state index is 4.50. The monoisotopic (exact) mass is 285 g/mol. The zero-order valence-corrected chi connectivity index (χ0v) is 13.0. The molecule has 21 heavy (non-hydrogen) atoms. The molecule has 1 N–H and O–H groups in total. The Bertz CT molecular complexity index is 599. The second-order valence-corrected chi connectivity index (χ2v) is 6.14. The number of rotatable bonds is 4. The zero-order valence-electron chi connectivity index (χ0n) is 13.0. The summed E-state index contributed by atoms with van der Waals surface area (Å²) in [5.41, 5.74) is 3.36. The molecular formula is C16H23N5. The van der Waals surface area contributed by atoms with Gasteiger partial charge >= 0.3 is 0 Å². The Morgan fingerprint density at radius 1 is 1.24 bits per heavy atom. The van der Waals surface area contributed by atoms with Crippen LogP contribution in [-0.2, 0) is 13.5 Å². The van der Waals surface area contributed by atoms with Crippen LogP contribution in [0.15, 0.2) is 18.5 Å². The Balaban J connectivity index is 1.69. The first-order chi connectivity index (χ1) is 10.1. The van der Waals surface area contributed by atoms with Gasteiger partial charge in [0.2, 0.25) is 5.95 Å². The summed E-state index contributed by atoms with van der Waals surface area (Å²) >= 11 is 0. The summed E-state index contributed by atoms with van der Waals surface area (Å²) in [6.07, 6.45) is 8.90. The zero-order chi connectivity index (χ0) is 14.8. The topological polar surface area (TPSA) is 55.6 Å². The Morgan fingerprint density at radius 3 is 2.67 bits per heavy atom. The van der Waals surface area contributed by atoms with Crippen LogP contribution in [0.3, 0.4) is 0 Å². The summed E-state index contributed by atoms with van der Waals surface area (Å²) in [5.74, 6) is 1.41. The Labute approximate surface area is 125 Å². The van der Waals surface area contributed by atoms with Crippen LogP contribution in [0.4, 0.5) is 5.95 Å². The molecule has 1 fully saturated rings. The molecule has 1 aliphatic carbocycles. The van der Waals surface area contributed by atoms with Crippen LogP contribution < -0.4 is 5.32 Å². The van der Waals surface area contributed by atoms with E-state index in [2.05, 4.69) is 26.6 Å². The van der Waals surface area contributed by atoms with E-state index in [1.165, 1.54) is 24.8 Å². The lowest BCUT2D eigenvalue weighted by atomic mass is 9.96. The molecule has 1 saturated carbocycles. The molecule has 2 unspecified atom stereocenters. The second-order valence-electron chi connectivity index (χ2n) is 6.14. The van der Waals surface area contributed by atoms with E-state index in [-0.39, 0.29) is 0 Å². The van der Waals surface area contributed by atoms with E-state index in [0.717, 1.165) is 23.8 Å². The van der Waals surface area contributed by atoms with Gasteiger partial charge in [0.25, 0.3) is 0 Å². The molecule has 2 aromatic heterocycles. The third kappa shape index (κ3) is 3.40. The SMILES string of the molecule is Cc1cc(C)nc(NC2CCCC2Cc2cnn(C)c2)n1. The number of nitrogens with zero attached hydrogens (tertiary/aromatic N) is 4.